The zero-order valence-corrected chi connectivity index (χ0v) is 11.6. The summed E-state index contributed by atoms with van der Waals surface area (Å²) >= 11 is 0. The number of anilines is 1. The molecule has 4 nitrogen and oxygen atoms in total. The zero-order valence-electron chi connectivity index (χ0n) is 11.6. The molecule has 0 bridgehead atoms. The molecule has 4 heteroatoms. The number of carboxylic acids is 1. The zero-order chi connectivity index (χ0) is 13.8. The highest BCUT2D eigenvalue weighted by molar-refractivity contribution is 5.67. The van der Waals surface area contributed by atoms with Gasteiger partial charge in [0.05, 0.1) is 6.42 Å². The molecular formula is C15H22N2O2. The summed E-state index contributed by atoms with van der Waals surface area (Å²) in [4.78, 5) is 13.2. The van der Waals surface area contributed by atoms with E-state index in [1.54, 1.807) is 0 Å². The second-order valence-corrected chi connectivity index (χ2v) is 5.50. The number of nitrogens with zero attached hydrogens (tertiary/aromatic N) is 1. The van der Waals surface area contributed by atoms with Crippen LogP contribution < -0.4 is 10.2 Å². The number of benzene rings is 1. The van der Waals surface area contributed by atoms with Gasteiger partial charge in [0, 0.05) is 24.8 Å². The lowest BCUT2D eigenvalue weighted by Crippen LogP contribution is -2.39. The van der Waals surface area contributed by atoms with Crippen LogP contribution >= 0.6 is 0 Å². The van der Waals surface area contributed by atoms with Crippen molar-refractivity contribution in [3.8, 4) is 0 Å². The van der Waals surface area contributed by atoms with E-state index in [-0.39, 0.29) is 12.5 Å². The molecule has 1 aliphatic rings. The van der Waals surface area contributed by atoms with Crippen molar-refractivity contribution < 1.29 is 9.90 Å². The highest BCUT2D eigenvalue weighted by Gasteiger charge is 2.23. The molecule has 104 valence electrons. The summed E-state index contributed by atoms with van der Waals surface area (Å²) in [6, 6.07) is 8.31. The molecule has 2 rings (SSSR count). The van der Waals surface area contributed by atoms with E-state index in [1.807, 2.05) is 12.1 Å². The van der Waals surface area contributed by atoms with E-state index in [4.69, 9.17) is 5.11 Å². The lowest BCUT2D eigenvalue weighted by atomic mass is 10.1. The topological polar surface area (TPSA) is 52.6 Å². The largest absolute Gasteiger partial charge is 0.481 e. The van der Waals surface area contributed by atoms with E-state index in [0.717, 1.165) is 19.6 Å². The highest BCUT2D eigenvalue weighted by Crippen LogP contribution is 2.22. The fourth-order valence-corrected chi connectivity index (χ4v) is 2.68. The van der Waals surface area contributed by atoms with E-state index in [2.05, 4.69) is 36.2 Å². The number of hydrogen-bond acceptors (Lipinski definition) is 3. The van der Waals surface area contributed by atoms with Crippen LogP contribution in [-0.2, 0) is 4.79 Å². The first-order chi connectivity index (χ1) is 9.06. The summed E-state index contributed by atoms with van der Waals surface area (Å²) in [6.07, 6.45) is 0.176. The summed E-state index contributed by atoms with van der Waals surface area (Å²) in [5.41, 5.74) is 2.46. The Labute approximate surface area is 114 Å². The fraction of sp³-hybridized carbons (Fsp3) is 0.533. The number of aliphatic carboxylic acids is 1. The Hall–Kier alpha value is -1.55. The van der Waals surface area contributed by atoms with Crippen LogP contribution in [0.5, 0.6) is 0 Å². The first-order valence-corrected chi connectivity index (χ1v) is 6.82. The molecule has 2 unspecified atom stereocenters. The van der Waals surface area contributed by atoms with Gasteiger partial charge in [0.25, 0.3) is 0 Å². The molecule has 0 aromatic heterocycles. The molecule has 0 radical (unpaired) electrons. The molecule has 0 saturated carbocycles. The first-order valence-electron chi connectivity index (χ1n) is 6.82. The predicted molar refractivity (Wildman–Crippen MR) is 76.6 cm³/mol. The first kappa shape index (κ1) is 13.9. The van der Waals surface area contributed by atoms with E-state index in [9.17, 15) is 4.79 Å². The normalized spacial score (nSPS) is 24.0. The minimum atomic E-state index is -0.739. The maximum atomic E-state index is 10.9. The van der Waals surface area contributed by atoms with Crippen molar-refractivity contribution in [1.82, 2.24) is 5.32 Å². The summed E-state index contributed by atoms with van der Waals surface area (Å²) in [5, 5.41) is 12.3. The Bertz CT molecular complexity index is 448. The molecular weight excluding hydrogens is 240 g/mol. The average molecular weight is 262 g/mol. The van der Waals surface area contributed by atoms with Gasteiger partial charge in [-0.3, -0.25) is 4.79 Å². The van der Waals surface area contributed by atoms with E-state index >= 15 is 0 Å². The van der Waals surface area contributed by atoms with Crippen LogP contribution in [0.1, 0.15) is 18.9 Å². The molecule has 1 saturated heterocycles. The fourth-order valence-electron chi connectivity index (χ4n) is 2.68. The van der Waals surface area contributed by atoms with Crippen molar-refractivity contribution in [1.29, 1.82) is 0 Å². The Balaban J connectivity index is 2.17. The maximum absolute atomic E-state index is 10.9. The molecule has 2 N–H and O–H groups in total. The molecule has 1 fully saturated rings. The van der Waals surface area contributed by atoms with Crippen LogP contribution in [0.2, 0.25) is 0 Å². The van der Waals surface area contributed by atoms with E-state index < -0.39 is 5.97 Å². The SMILES string of the molecule is Cc1ccccc1N1CC(C)CNC(CC(=O)O)C1. The highest BCUT2D eigenvalue weighted by atomic mass is 16.4. The summed E-state index contributed by atoms with van der Waals surface area (Å²) in [5.74, 6) is -0.227. The Morgan fingerprint density at radius 3 is 2.84 bits per heavy atom. The van der Waals surface area contributed by atoms with Gasteiger partial charge in [-0.05, 0) is 31.0 Å². The standard InChI is InChI=1S/C15H22N2O2/c1-11-8-16-13(7-15(18)19)10-17(9-11)14-6-4-3-5-12(14)2/h3-6,11,13,16H,7-10H2,1-2H3,(H,18,19). The molecule has 1 aromatic rings. The molecule has 1 aromatic carbocycles. The van der Waals surface area contributed by atoms with Gasteiger partial charge in [0.15, 0.2) is 0 Å². The van der Waals surface area contributed by atoms with Gasteiger partial charge in [-0.1, -0.05) is 25.1 Å². The number of para-hydroxylation sites is 1. The number of rotatable bonds is 3. The number of nitrogens with one attached hydrogen (secondary N) is 1. The maximum Gasteiger partial charge on any atom is 0.304 e. The average Bonchev–Trinajstić information content (AvgIpc) is 2.51. The monoisotopic (exact) mass is 262 g/mol. The number of aryl methyl sites for hydroxylation is 1. The second kappa shape index (κ2) is 6.06. The molecule has 0 spiro atoms. The predicted octanol–water partition coefficient (Wildman–Crippen LogP) is 1.88. The number of hydrogen-bond donors (Lipinski definition) is 2. The minimum absolute atomic E-state index is 0.0158. The van der Waals surface area contributed by atoms with Crippen LogP contribution in [0.25, 0.3) is 0 Å². The van der Waals surface area contributed by atoms with Gasteiger partial charge in [0.1, 0.15) is 0 Å². The molecule has 1 heterocycles. The van der Waals surface area contributed by atoms with Crippen LogP contribution in [0.15, 0.2) is 24.3 Å². The van der Waals surface area contributed by atoms with Gasteiger partial charge < -0.3 is 15.3 Å². The van der Waals surface area contributed by atoms with E-state index in [1.165, 1.54) is 11.3 Å². The van der Waals surface area contributed by atoms with Crippen molar-refractivity contribution >= 4 is 11.7 Å². The minimum Gasteiger partial charge on any atom is -0.481 e. The number of carboxylic acid groups (broad SMARTS) is 1. The van der Waals surface area contributed by atoms with Gasteiger partial charge in [-0.15, -0.1) is 0 Å². The Morgan fingerprint density at radius 2 is 2.16 bits per heavy atom. The van der Waals surface area contributed by atoms with Crippen molar-refractivity contribution in [3.05, 3.63) is 29.8 Å². The molecule has 0 aliphatic carbocycles. The summed E-state index contributed by atoms with van der Waals surface area (Å²) in [6.45, 7) is 6.89. The quantitative estimate of drug-likeness (QED) is 0.873. The Morgan fingerprint density at radius 1 is 1.42 bits per heavy atom. The lowest BCUT2D eigenvalue weighted by Gasteiger charge is -2.28. The van der Waals surface area contributed by atoms with Crippen LogP contribution in [0.3, 0.4) is 0 Å². The number of carbonyl (C=O) groups is 1. The van der Waals surface area contributed by atoms with Crippen LogP contribution in [0.4, 0.5) is 5.69 Å². The van der Waals surface area contributed by atoms with Crippen molar-refractivity contribution in [3.63, 3.8) is 0 Å². The van der Waals surface area contributed by atoms with Crippen molar-refractivity contribution in [2.75, 3.05) is 24.5 Å². The van der Waals surface area contributed by atoms with Crippen LogP contribution in [-0.4, -0.2) is 36.8 Å². The van der Waals surface area contributed by atoms with E-state index in [0.29, 0.717) is 5.92 Å². The van der Waals surface area contributed by atoms with Gasteiger partial charge in [-0.25, -0.2) is 0 Å². The third kappa shape index (κ3) is 3.70. The molecule has 19 heavy (non-hydrogen) atoms. The lowest BCUT2D eigenvalue weighted by molar-refractivity contribution is -0.137. The molecule has 2 atom stereocenters. The third-order valence-corrected chi connectivity index (χ3v) is 3.60. The third-order valence-electron chi connectivity index (χ3n) is 3.60. The van der Waals surface area contributed by atoms with Gasteiger partial charge in [-0.2, -0.15) is 0 Å². The molecule has 0 amide bonds. The molecule has 1 aliphatic heterocycles. The van der Waals surface area contributed by atoms with Gasteiger partial charge in [0.2, 0.25) is 0 Å². The summed E-state index contributed by atoms with van der Waals surface area (Å²) in [7, 11) is 0. The van der Waals surface area contributed by atoms with Gasteiger partial charge >= 0.3 is 5.97 Å². The summed E-state index contributed by atoms with van der Waals surface area (Å²) < 4.78 is 0. The van der Waals surface area contributed by atoms with Crippen molar-refractivity contribution in [2.45, 2.75) is 26.3 Å². The second-order valence-electron chi connectivity index (χ2n) is 5.50. The van der Waals surface area contributed by atoms with Crippen molar-refractivity contribution in [2.24, 2.45) is 5.92 Å². The smallest absolute Gasteiger partial charge is 0.304 e. The Kier molecular flexibility index (Phi) is 4.43. The van der Waals surface area contributed by atoms with Crippen LogP contribution in [0, 0.1) is 12.8 Å².